The lowest BCUT2D eigenvalue weighted by atomic mass is 10.1. The molecule has 0 aliphatic carbocycles. The Morgan fingerprint density at radius 3 is 2.62 bits per heavy atom. The summed E-state index contributed by atoms with van der Waals surface area (Å²) in [6.45, 7) is 0.586. The minimum Gasteiger partial charge on any atom is -0.463 e. The lowest BCUT2D eigenvalue weighted by Gasteiger charge is -2.12. The molecule has 0 saturated carbocycles. The average molecular weight is 366 g/mol. The van der Waals surface area contributed by atoms with Gasteiger partial charge in [0.15, 0.2) is 5.17 Å². The molecule has 3 rings (SSSR count). The van der Waals surface area contributed by atoms with Crippen LogP contribution in [0.15, 0.2) is 72.0 Å². The predicted octanol–water partition coefficient (Wildman–Crippen LogP) is 4.41. The number of carbonyl (C=O) groups is 1. The fraction of sp³-hybridized carbons (Fsp3) is 0.105. The van der Waals surface area contributed by atoms with Crippen molar-refractivity contribution >= 4 is 28.7 Å². The molecule has 0 radical (unpaired) electrons. The van der Waals surface area contributed by atoms with Crippen molar-refractivity contribution in [3.63, 3.8) is 0 Å². The number of aromatic nitrogens is 2. The van der Waals surface area contributed by atoms with Gasteiger partial charge in [0.05, 0.1) is 12.7 Å². The molecule has 0 aliphatic rings. The zero-order chi connectivity index (χ0) is 18.4. The number of rotatable bonds is 4. The largest absolute Gasteiger partial charge is 0.463 e. The highest BCUT2D eigenvalue weighted by Gasteiger charge is 2.11. The molecule has 0 fully saturated rings. The van der Waals surface area contributed by atoms with Gasteiger partial charge in [0.1, 0.15) is 0 Å². The summed E-state index contributed by atoms with van der Waals surface area (Å²) in [7, 11) is 0. The molecule has 1 heterocycles. The third-order valence-electron chi connectivity index (χ3n) is 3.70. The third kappa shape index (κ3) is 4.31. The number of thioether (sulfide) groups is 1. The van der Waals surface area contributed by atoms with Crippen molar-refractivity contribution in [3.8, 4) is 11.1 Å². The average Bonchev–Trinajstić information content (AvgIpc) is 3.16. The maximum absolute atomic E-state index is 11.0. The Morgan fingerprint density at radius 2 is 1.92 bits per heavy atom. The van der Waals surface area contributed by atoms with E-state index in [4.69, 9.17) is 5.11 Å². The Labute approximate surface area is 155 Å². The first-order chi connectivity index (χ1) is 12.7. The van der Waals surface area contributed by atoms with E-state index in [2.05, 4.69) is 15.4 Å². The molecule has 3 aromatic rings. The van der Waals surface area contributed by atoms with E-state index in [1.165, 1.54) is 24.2 Å². The van der Waals surface area contributed by atoms with Gasteiger partial charge in [-0.25, -0.2) is 4.79 Å². The molecule has 132 valence electrons. The van der Waals surface area contributed by atoms with Crippen molar-refractivity contribution in [2.24, 2.45) is 4.99 Å². The topological polar surface area (TPSA) is 79.5 Å². The minimum atomic E-state index is -1.11. The molecule has 1 aromatic heterocycles. The molecule has 26 heavy (non-hydrogen) atoms. The first-order valence-corrected chi connectivity index (χ1v) is 9.16. The smallest absolute Gasteiger partial charge is 0.432 e. The molecule has 0 unspecified atom stereocenters. The number of benzene rings is 2. The predicted molar refractivity (Wildman–Crippen MR) is 106 cm³/mol. The van der Waals surface area contributed by atoms with E-state index in [1.807, 2.05) is 60.9 Å². The minimum absolute atomic E-state index is 0.586. The van der Waals surface area contributed by atoms with E-state index in [9.17, 15) is 4.79 Å². The number of aliphatic imine (C=N–C) groups is 1. The van der Waals surface area contributed by atoms with Crippen molar-refractivity contribution in [1.29, 1.82) is 0 Å². The number of amidine groups is 1. The maximum atomic E-state index is 11.0. The van der Waals surface area contributed by atoms with Crippen LogP contribution in [-0.2, 0) is 6.54 Å². The summed E-state index contributed by atoms with van der Waals surface area (Å²) in [5, 5.41) is 17.0. The van der Waals surface area contributed by atoms with Crippen LogP contribution in [0, 0.1) is 0 Å². The van der Waals surface area contributed by atoms with Gasteiger partial charge in [-0.05, 0) is 17.9 Å². The highest BCUT2D eigenvalue weighted by atomic mass is 32.2. The van der Waals surface area contributed by atoms with Crippen molar-refractivity contribution in [3.05, 3.63) is 72.6 Å². The van der Waals surface area contributed by atoms with Crippen LogP contribution in [0.4, 0.5) is 10.5 Å². The highest BCUT2D eigenvalue weighted by Crippen LogP contribution is 2.28. The maximum Gasteiger partial charge on any atom is 0.432 e. The van der Waals surface area contributed by atoms with E-state index in [1.54, 1.807) is 0 Å². The molecule has 0 atom stereocenters. The van der Waals surface area contributed by atoms with Gasteiger partial charge >= 0.3 is 6.09 Å². The number of carboxylic acid groups (broad SMARTS) is 1. The first-order valence-electron chi connectivity index (χ1n) is 7.94. The van der Waals surface area contributed by atoms with Crippen LogP contribution in [0.25, 0.3) is 11.1 Å². The number of para-hydroxylation sites is 1. The standard InChI is InChI=1S/C19H18N4O2S/c1-26-18(20-11-14-7-3-2-4-8-14)22-17-10-6-5-9-16(17)15-12-21-23(13-15)19(24)25/h2-10,12-13H,11H2,1H3,(H,20,22)(H,24,25). The Hall–Kier alpha value is -3.06. The quantitative estimate of drug-likeness (QED) is 0.528. The lowest BCUT2D eigenvalue weighted by Crippen LogP contribution is -2.09. The number of anilines is 1. The molecular formula is C19H18N4O2S. The summed E-state index contributed by atoms with van der Waals surface area (Å²) in [6, 6.07) is 17.7. The fourth-order valence-electron chi connectivity index (χ4n) is 2.43. The van der Waals surface area contributed by atoms with Gasteiger partial charge in [-0.15, -0.1) is 0 Å². The Morgan fingerprint density at radius 1 is 1.19 bits per heavy atom. The van der Waals surface area contributed by atoms with E-state index in [0.29, 0.717) is 6.54 Å². The Bertz CT molecular complexity index is 922. The van der Waals surface area contributed by atoms with Crippen molar-refractivity contribution in [2.45, 2.75) is 6.54 Å². The summed E-state index contributed by atoms with van der Waals surface area (Å²) in [4.78, 5) is 15.7. The second-order valence-electron chi connectivity index (χ2n) is 5.44. The second-order valence-corrected chi connectivity index (χ2v) is 6.23. The van der Waals surface area contributed by atoms with Crippen molar-refractivity contribution < 1.29 is 9.90 Å². The van der Waals surface area contributed by atoms with Gasteiger partial charge in [0, 0.05) is 23.0 Å². The zero-order valence-electron chi connectivity index (χ0n) is 14.2. The normalized spacial score (nSPS) is 11.3. The molecule has 0 spiro atoms. The Balaban J connectivity index is 1.83. The van der Waals surface area contributed by atoms with E-state index in [0.717, 1.165) is 32.2 Å². The molecular weight excluding hydrogens is 348 g/mol. The summed E-state index contributed by atoms with van der Waals surface area (Å²) in [5.74, 6) is 0. The molecule has 6 nitrogen and oxygen atoms in total. The number of nitrogens with zero attached hydrogens (tertiary/aromatic N) is 3. The molecule has 0 aliphatic heterocycles. The second kappa shape index (κ2) is 8.35. The molecule has 2 aromatic carbocycles. The van der Waals surface area contributed by atoms with Crippen LogP contribution in [0.3, 0.4) is 0 Å². The third-order valence-corrected chi connectivity index (χ3v) is 4.32. The van der Waals surface area contributed by atoms with Gasteiger partial charge in [0.2, 0.25) is 0 Å². The van der Waals surface area contributed by atoms with Crippen molar-refractivity contribution in [1.82, 2.24) is 9.78 Å². The van der Waals surface area contributed by atoms with Crippen LogP contribution < -0.4 is 5.32 Å². The number of hydrogen-bond donors (Lipinski definition) is 2. The molecule has 7 heteroatoms. The fourth-order valence-corrected chi connectivity index (χ4v) is 2.83. The summed E-state index contributed by atoms with van der Waals surface area (Å²) >= 11 is 1.52. The lowest BCUT2D eigenvalue weighted by molar-refractivity contribution is 0.192. The van der Waals surface area contributed by atoms with E-state index >= 15 is 0 Å². The zero-order valence-corrected chi connectivity index (χ0v) is 15.0. The first kappa shape index (κ1) is 17.8. The summed E-state index contributed by atoms with van der Waals surface area (Å²) in [5.41, 5.74) is 3.57. The van der Waals surface area contributed by atoms with E-state index < -0.39 is 6.09 Å². The van der Waals surface area contributed by atoms with Gasteiger partial charge in [-0.3, -0.25) is 4.99 Å². The summed E-state index contributed by atoms with van der Waals surface area (Å²) in [6.07, 6.45) is 3.87. The molecule has 2 N–H and O–H groups in total. The van der Waals surface area contributed by atoms with Crippen LogP contribution in [-0.4, -0.2) is 32.4 Å². The summed E-state index contributed by atoms with van der Waals surface area (Å²) < 4.78 is 0.894. The van der Waals surface area contributed by atoms with Gasteiger partial charge in [-0.1, -0.05) is 60.3 Å². The monoisotopic (exact) mass is 366 g/mol. The van der Waals surface area contributed by atoms with Gasteiger partial charge in [-0.2, -0.15) is 9.78 Å². The van der Waals surface area contributed by atoms with Crippen LogP contribution >= 0.6 is 11.8 Å². The molecule has 0 amide bonds. The number of hydrogen-bond acceptors (Lipinski definition) is 4. The molecule has 0 bridgehead atoms. The Kier molecular flexibility index (Phi) is 5.70. The molecule has 0 saturated heterocycles. The van der Waals surface area contributed by atoms with Crippen LogP contribution in [0.2, 0.25) is 0 Å². The number of nitrogens with one attached hydrogen (secondary N) is 1. The SMILES string of the molecule is CSC(=NCc1ccccc1)Nc1ccccc1-c1cnn(C(=O)O)c1. The highest BCUT2D eigenvalue weighted by molar-refractivity contribution is 8.13. The van der Waals surface area contributed by atoms with Gasteiger partial charge in [0.25, 0.3) is 0 Å². The van der Waals surface area contributed by atoms with Crippen LogP contribution in [0.1, 0.15) is 5.56 Å². The van der Waals surface area contributed by atoms with Gasteiger partial charge < -0.3 is 10.4 Å². The van der Waals surface area contributed by atoms with Crippen LogP contribution in [0.5, 0.6) is 0 Å². The van der Waals surface area contributed by atoms with Crippen molar-refractivity contribution in [2.75, 3.05) is 11.6 Å². The van der Waals surface area contributed by atoms with E-state index in [-0.39, 0.29) is 0 Å².